The fraction of sp³-hybridized carbons (Fsp3) is 0.146. The molecule has 0 saturated carbocycles. The molecule has 67 heavy (non-hydrogen) atoms. The number of phenols is 15. The van der Waals surface area contributed by atoms with E-state index in [0.717, 1.165) is 12.1 Å². The zero-order valence-electron chi connectivity index (χ0n) is 33.1. The van der Waals surface area contributed by atoms with Gasteiger partial charge in [-0.15, -0.1) is 0 Å². The fourth-order valence-corrected chi connectivity index (χ4v) is 6.14. The number of carbonyl (C=O) groups is 5. The fourth-order valence-electron chi connectivity index (χ4n) is 6.14. The van der Waals surface area contributed by atoms with E-state index < -0.39 is 181 Å². The second kappa shape index (κ2) is 18.3. The Hall–Kier alpha value is -9.59. The largest absolute Gasteiger partial charge is 0.504 e. The van der Waals surface area contributed by atoms with E-state index in [1.165, 1.54) is 0 Å². The van der Waals surface area contributed by atoms with Crippen molar-refractivity contribution in [2.75, 3.05) is 6.61 Å². The van der Waals surface area contributed by atoms with Crippen molar-refractivity contribution in [1.29, 1.82) is 0 Å². The van der Waals surface area contributed by atoms with E-state index in [9.17, 15) is 101 Å². The lowest BCUT2D eigenvalue weighted by atomic mass is 9.97. The van der Waals surface area contributed by atoms with E-state index >= 15 is 0 Å². The number of benzene rings is 5. The van der Waals surface area contributed by atoms with E-state index in [4.69, 9.17) is 28.4 Å². The summed E-state index contributed by atoms with van der Waals surface area (Å²) >= 11 is 0. The van der Waals surface area contributed by atoms with Crippen LogP contribution in [0.3, 0.4) is 0 Å². The molecule has 0 radical (unpaired) electrons. The van der Waals surface area contributed by atoms with Crippen molar-refractivity contribution in [2.45, 2.75) is 30.7 Å². The van der Waals surface area contributed by atoms with Gasteiger partial charge in [-0.05, 0) is 60.7 Å². The first-order chi connectivity index (χ1) is 31.5. The highest BCUT2D eigenvalue weighted by Crippen LogP contribution is 2.43. The minimum Gasteiger partial charge on any atom is -0.504 e. The van der Waals surface area contributed by atoms with Crippen molar-refractivity contribution in [2.24, 2.45) is 0 Å². The van der Waals surface area contributed by atoms with Gasteiger partial charge in [-0.1, -0.05) is 0 Å². The minimum absolute atomic E-state index is 0.666. The smallest absolute Gasteiger partial charge is 0.344 e. The van der Waals surface area contributed by atoms with Crippen molar-refractivity contribution in [1.82, 2.24) is 0 Å². The topological polar surface area (TPSA) is 444 Å². The summed E-state index contributed by atoms with van der Waals surface area (Å²) in [6.45, 7) is -1.32. The molecule has 0 aromatic heterocycles. The third kappa shape index (κ3) is 8.97. The molecule has 5 aromatic carbocycles. The predicted molar refractivity (Wildman–Crippen MR) is 209 cm³/mol. The molecule has 0 bridgehead atoms. The molecule has 15 N–H and O–H groups in total. The molecule has 1 heterocycles. The zero-order chi connectivity index (χ0) is 49.3. The lowest BCUT2D eigenvalue weighted by Gasteiger charge is -2.43. The van der Waals surface area contributed by atoms with Gasteiger partial charge in [0.05, 0.1) is 0 Å². The van der Waals surface area contributed by atoms with Crippen LogP contribution in [0.15, 0.2) is 60.7 Å². The second-order valence-corrected chi connectivity index (χ2v) is 13.8. The monoisotopic (exact) mass is 940 g/mol. The first-order valence-electron chi connectivity index (χ1n) is 18.4. The summed E-state index contributed by atoms with van der Waals surface area (Å²) in [6, 6.07) is 6.95. The molecule has 26 heteroatoms. The van der Waals surface area contributed by atoms with Gasteiger partial charge in [0, 0.05) is 0 Å². The normalized spacial score (nSPS) is 17.7. The number of phenolic OH excluding ortho intramolecular Hbond substituents is 15. The highest BCUT2D eigenvalue weighted by atomic mass is 16.7. The third-order valence-corrected chi connectivity index (χ3v) is 9.67. The maximum Gasteiger partial charge on any atom is 0.344 e. The van der Waals surface area contributed by atoms with Crippen LogP contribution in [0.2, 0.25) is 0 Å². The predicted octanol–water partition coefficient (Wildman–Crippen LogP) is 1.69. The standard InChI is InChI=1S/C41H32O26/c42-17-6-1-12(23(47)28(17)52)36(57)62-11-22-33(64-37(58)13-2-7-18(43)29(53)24(13)48)34(65-38(59)14-3-8-19(44)30(54)25(14)49)35(66-39(60)15-4-9-20(45)31(55)26(15)50)41(63-22)67-40(61)16-5-10-21(46)32(56)27(16)51/h1-10,22,33-35,41-56H,11H2/t22-,33-,34+,35+,41-/m1/s1. The highest BCUT2D eigenvalue weighted by molar-refractivity contribution is 5.97. The molecule has 0 aliphatic carbocycles. The van der Waals surface area contributed by atoms with Gasteiger partial charge >= 0.3 is 29.8 Å². The summed E-state index contributed by atoms with van der Waals surface area (Å²) in [6.07, 6.45) is -12.7. The number of hydrogen-bond donors (Lipinski definition) is 15. The lowest BCUT2D eigenvalue weighted by molar-refractivity contribution is -0.283. The maximum atomic E-state index is 13.9. The van der Waals surface area contributed by atoms with Crippen LogP contribution < -0.4 is 0 Å². The Kier molecular flexibility index (Phi) is 12.8. The average Bonchev–Trinajstić information content (AvgIpc) is 3.28. The number of aromatic hydroxyl groups is 15. The van der Waals surface area contributed by atoms with E-state index in [1.54, 1.807) is 0 Å². The molecular formula is C41H32O26. The number of ether oxygens (including phenoxy) is 6. The molecule has 1 saturated heterocycles. The van der Waals surface area contributed by atoms with Crippen LogP contribution in [-0.2, 0) is 28.4 Å². The molecule has 26 nitrogen and oxygen atoms in total. The molecule has 0 amide bonds. The van der Waals surface area contributed by atoms with Crippen LogP contribution in [0.25, 0.3) is 0 Å². The first-order valence-corrected chi connectivity index (χ1v) is 18.4. The van der Waals surface area contributed by atoms with Crippen molar-refractivity contribution in [3.63, 3.8) is 0 Å². The molecule has 1 fully saturated rings. The molecule has 1 aliphatic rings. The maximum absolute atomic E-state index is 13.9. The van der Waals surface area contributed by atoms with Crippen molar-refractivity contribution < 1.29 is 129 Å². The number of esters is 5. The third-order valence-electron chi connectivity index (χ3n) is 9.67. The Morgan fingerprint density at radius 1 is 0.343 bits per heavy atom. The molecule has 0 unspecified atom stereocenters. The minimum atomic E-state index is -2.64. The van der Waals surface area contributed by atoms with Crippen LogP contribution in [0.4, 0.5) is 0 Å². The molecule has 6 rings (SSSR count). The van der Waals surface area contributed by atoms with Crippen LogP contribution in [0.1, 0.15) is 51.8 Å². The van der Waals surface area contributed by atoms with E-state index in [1.807, 2.05) is 0 Å². The van der Waals surface area contributed by atoms with Gasteiger partial charge in [0.15, 0.2) is 69.7 Å². The molecule has 352 valence electrons. The quantitative estimate of drug-likeness (QED) is 0.0509. The summed E-state index contributed by atoms with van der Waals surface area (Å²) in [5.41, 5.74) is -4.80. The van der Waals surface area contributed by atoms with Crippen LogP contribution >= 0.6 is 0 Å². The number of hydrogen-bond acceptors (Lipinski definition) is 26. The van der Waals surface area contributed by atoms with Gasteiger partial charge in [-0.2, -0.15) is 0 Å². The summed E-state index contributed by atoms with van der Waals surface area (Å²) in [5.74, 6) is -26.3. The highest BCUT2D eigenvalue weighted by Gasteiger charge is 2.55. The number of carbonyl (C=O) groups excluding carboxylic acids is 5. The van der Waals surface area contributed by atoms with Gasteiger partial charge in [0.2, 0.25) is 41.1 Å². The Bertz CT molecular complexity index is 2840. The van der Waals surface area contributed by atoms with Gasteiger partial charge in [-0.3, -0.25) is 0 Å². The van der Waals surface area contributed by atoms with Gasteiger partial charge in [0.25, 0.3) is 0 Å². The van der Waals surface area contributed by atoms with Crippen molar-refractivity contribution >= 4 is 29.8 Å². The molecule has 1 aliphatic heterocycles. The Morgan fingerprint density at radius 2 is 0.612 bits per heavy atom. The van der Waals surface area contributed by atoms with Crippen LogP contribution in [-0.4, -0.2) is 144 Å². The van der Waals surface area contributed by atoms with Gasteiger partial charge in [-0.25, -0.2) is 24.0 Å². The summed E-state index contributed by atoms with van der Waals surface area (Å²) in [7, 11) is 0. The Balaban J connectivity index is 1.54. The van der Waals surface area contributed by atoms with E-state index in [2.05, 4.69) is 0 Å². The summed E-state index contributed by atoms with van der Waals surface area (Å²) in [4.78, 5) is 68.6. The molecule has 5 atom stereocenters. The van der Waals surface area contributed by atoms with E-state index in [0.29, 0.717) is 48.5 Å². The molecule has 0 spiro atoms. The Morgan fingerprint density at radius 3 is 0.940 bits per heavy atom. The van der Waals surface area contributed by atoms with Gasteiger partial charge in [0.1, 0.15) is 40.5 Å². The van der Waals surface area contributed by atoms with E-state index in [-0.39, 0.29) is 0 Å². The Labute approximate surface area is 370 Å². The number of rotatable bonds is 11. The van der Waals surface area contributed by atoms with Crippen LogP contribution in [0, 0.1) is 0 Å². The SMILES string of the molecule is O=C(OC[C@H]1O[C@H](OC(=O)c2ccc(O)c(O)c2O)[C@@H](OC(=O)c2ccc(O)c(O)c2O)[C@@H](OC(=O)c2ccc(O)c(O)c2O)[C@@H]1OC(=O)c1ccc(O)c(O)c1O)c1ccc(O)c(O)c1O. The lowest BCUT2D eigenvalue weighted by Crippen LogP contribution is -2.63. The van der Waals surface area contributed by atoms with Crippen molar-refractivity contribution in [3.05, 3.63) is 88.5 Å². The second-order valence-electron chi connectivity index (χ2n) is 13.8. The van der Waals surface area contributed by atoms with Crippen LogP contribution in [0.5, 0.6) is 86.2 Å². The van der Waals surface area contributed by atoms with Gasteiger partial charge < -0.3 is 105 Å². The zero-order valence-corrected chi connectivity index (χ0v) is 33.1. The summed E-state index contributed by atoms with van der Waals surface area (Å²) < 4.78 is 33.0. The molecular weight excluding hydrogens is 908 g/mol. The first kappa shape index (κ1) is 46.9. The molecule has 5 aromatic rings. The average molecular weight is 941 g/mol. The van der Waals surface area contributed by atoms with Crippen molar-refractivity contribution in [3.8, 4) is 86.2 Å². The summed E-state index contributed by atoms with van der Waals surface area (Å²) in [5, 5.41) is 152.